The lowest BCUT2D eigenvalue weighted by Crippen LogP contribution is -2.22. The predicted molar refractivity (Wildman–Crippen MR) is 103 cm³/mol. The fourth-order valence-corrected chi connectivity index (χ4v) is 2.98. The van der Waals surface area contributed by atoms with Crippen molar-refractivity contribution in [2.75, 3.05) is 0 Å². The molecule has 0 aliphatic heterocycles. The normalized spacial score (nSPS) is 12.0. The van der Waals surface area contributed by atoms with Crippen molar-refractivity contribution in [1.82, 2.24) is 19.9 Å². The smallest absolute Gasteiger partial charge is 0.134 e. The van der Waals surface area contributed by atoms with Crippen LogP contribution in [0.1, 0.15) is 5.56 Å². The van der Waals surface area contributed by atoms with Gasteiger partial charge in [-0.1, -0.05) is 49.0 Å². The molecular formula is C20H15ClN4. The minimum Gasteiger partial charge on any atom is -0.345 e. The minimum absolute atomic E-state index is 0.543. The molecule has 0 aliphatic rings. The van der Waals surface area contributed by atoms with Gasteiger partial charge in [-0.05, 0) is 40.1 Å². The van der Waals surface area contributed by atoms with Crippen molar-refractivity contribution in [2.45, 2.75) is 0 Å². The predicted octanol–water partition coefficient (Wildman–Crippen LogP) is 3.51. The van der Waals surface area contributed by atoms with Crippen molar-refractivity contribution in [3.63, 3.8) is 0 Å². The van der Waals surface area contributed by atoms with Crippen LogP contribution in [0, 0.1) is 0 Å². The number of nitrogens with zero attached hydrogens (tertiary/aromatic N) is 2. The van der Waals surface area contributed by atoms with Crippen molar-refractivity contribution in [3.8, 4) is 11.3 Å². The van der Waals surface area contributed by atoms with E-state index in [-0.39, 0.29) is 0 Å². The molecular weight excluding hydrogens is 332 g/mol. The third-order valence-corrected chi connectivity index (χ3v) is 4.43. The maximum atomic E-state index is 6.13. The highest BCUT2D eigenvalue weighted by molar-refractivity contribution is 6.31. The summed E-state index contributed by atoms with van der Waals surface area (Å²) in [6, 6.07) is 12.4. The van der Waals surface area contributed by atoms with E-state index in [4.69, 9.17) is 11.6 Å². The molecule has 0 spiro atoms. The van der Waals surface area contributed by atoms with Crippen LogP contribution in [0.2, 0.25) is 5.15 Å². The SMILES string of the molecule is C=C(/C=c1/nc[nH]c1=C)c1ccc2cc(-c3nc[nH]c3Cl)ccc2c1. The van der Waals surface area contributed by atoms with Crippen molar-refractivity contribution in [2.24, 2.45) is 0 Å². The molecule has 4 nitrogen and oxygen atoms in total. The fourth-order valence-electron chi connectivity index (χ4n) is 2.78. The van der Waals surface area contributed by atoms with Gasteiger partial charge in [0.2, 0.25) is 0 Å². The number of imidazole rings is 2. The molecule has 4 rings (SSSR count). The Kier molecular flexibility index (Phi) is 3.75. The zero-order chi connectivity index (χ0) is 17.4. The van der Waals surface area contributed by atoms with Crippen LogP contribution in [-0.2, 0) is 0 Å². The summed E-state index contributed by atoms with van der Waals surface area (Å²) in [6.07, 6.45) is 5.15. The van der Waals surface area contributed by atoms with E-state index >= 15 is 0 Å². The Labute approximate surface area is 149 Å². The van der Waals surface area contributed by atoms with Gasteiger partial charge in [0.05, 0.1) is 23.4 Å². The van der Waals surface area contributed by atoms with Crippen LogP contribution in [0.15, 0.2) is 55.6 Å². The van der Waals surface area contributed by atoms with Crippen LogP contribution in [0.4, 0.5) is 0 Å². The largest absolute Gasteiger partial charge is 0.345 e. The van der Waals surface area contributed by atoms with Crippen molar-refractivity contribution in [1.29, 1.82) is 0 Å². The van der Waals surface area contributed by atoms with Gasteiger partial charge in [-0.25, -0.2) is 9.97 Å². The Morgan fingerprint density at radius 2 is 1.76 bits per heavy atom. The Morgan fingerprint density at radius 3 is 2.48 bits per heavy atom. The molecule has 122 valence electrons. The van der Waals surface area contributed by atoms with Crippen LogP contribution >= 0.6 is 11.6 Å². The third kappa shape index (κ3) is 2.88. The van der Waals surface area contributed by atoms with E-state index in [1.165, 1.54) is 0 Å². The molecule has 0 atom stereocenters. The molecule has 0 aliphatic carbocycles. The second-order valence-corrected chi connectivity index (χ2v) is 6.16. The maximum absolute atomic E-state index is 6.13. The monoisotopic (exact) mass is 346 g/mol. The molecule has 0 radical (unpaired) electrons. The number of fused-ring (bicyclic) bond motifs is 1. The molecule has 2 aromatic carbocycles. The van der Waals surface area contributed by atoms with Gasteiger partial charge in [0.25, 0.3) is 0 Å². The highest BCUT2D eigenvalue weighted by Gasteiger charge is 2.07. The van der Waals surface area contributed by atoms with Crippen LogP contribution < -0.4 is 10.7 Å². The van der Waals surface area contributed by atoms with E-state index in [0.717, 1.165) is 43.9 Å². The van der Waals surface area contributed by atoms with Crippen LogP contribution in [0.5, 0.6) is 0 Å². The summed E-state index contributed by atoms with van der Waals surface area (Å²) in [6.45, 7) is 8.06. The number of aromatic nitrogens is 4. The zero-order valence-corrected chi connectivity index (χ0v) is 14.1. The summed E-state index contributed by atoms with van der Waals surface area (Å²) in [4.78, 5) is 14.4. The number of halogens is 1. The summed E-state index contributed by atoms with van der Waals surface area (Å²) in [5, 5.41) is 4.36. The summed E-state index contributed by atoms with van der Waals surface area (Å²) in [5.41, 5.74) is 3.67. The van der Waals surface area contributed by atoms with Crippen LogP contribution in [-0.4, -0.2) is 19.9 Å². The molecule has 0 unspecified atom stereocenters. The van der Waals surface area contributed by atoms with E-state index in [9.17, 15) is 0 Å². The van der Waals surface area contributed by atoms with Crippen molar-refractivity contribution >= 4 is 40.6 Å². The first kappa shape index (κ1) is 15.4. The number of hydrogen-bond acceptors (Lipinski definition) is 2. The first-order chi connectivity index (χ1) is 12.1. The Hall–Kier alpha value is -3.11. The molecule has 2 aromatic heterocycles. The first-order valence-corrected chi connectivity index (χ1v) is 8.12. The quantitative estimate of drug-likeness (QED) is 0.596. The molecule has 2 N–H and O–H groups in total. The minimum atomic E-state index is 0.543. The lowest BCUT2D eigenvalue weighted by atomic mass is 10.00. The lowest BCUT2D eigenvalue weighted by Gasteiger charge is -2.06. The third-order valence-electron chi connectivity index (χ3n) is 4.14. The number of hydrogen-bond donors (Lipinski definition) is 2. The number of benzene rings is 2. The van der Waals surface area contributed by atoms with Gasteiger partial charge < -0.3 is 9.97 Å². The second-order valence-electron chi connectivity index (χ2n) is 5.78. The Balaban J connectivity index is 1.74. The molecule has 0 amide bonds. The van der Waals surface area contributed by atoms with E-state index in [1.807, 2.05) is 18.2 Å². The van der Waals surface area contributed by atoms with Gasteiger partial charge in [-0.15, -0.1) is 0 Å². The Morgan fingerprint density at radius 1 is 1.00 bits per heavy atom. The summed E-state index contributed by atoms with van der Waals surface area (Å²) in [5.74, 6) is 0. The lowest BCUT2D eigenvalue weighted by molar-refractivity contribution is 1.29. The van der Waals surface area contributed by atoms with E-state index < -0.39 is 0 Å². The number of H-pyrrole nitrogens is 2. The average molecular weight is 347 g/mol. The molecule has 5 heteroatoms. The van der Waals surface area contributed by atoms with E-state index in [2.05, 4.69) is 57.4 Å². The van der Waals surface area contributed by atoms with Gasteiger partial charge in [0, 0.05) is 5.56 Å². The summed E-state index contributed by atoms with van der Waals surface area (Å²) < 4.78 is 0. The van der Waals surface area contributed by atoms with Crippen molar-refractivity contribution in [3.05, 3.63) is 77.0 Å². The second kappa shape index (κ2) is 6.07. The van der Waals surface area contributed by atoms with E-state index in [0.29, 0.717) is 5.15 Å². The highest BCUT2D eigenvalue weighted by Crippen LogP contribution is 2.29. The van der Waals surface area contributed by atoms with Gasteiger partial charge in [-0.2, -0.15) is 0 Å². The first-order valence-electron chi connectivity index (χ1n) is 7.74. The van der Waals surface area contributed by atoms with Crippen LogP contribution in [0.25, 0.3) is 40.3 Å². The highest BCUT2D eigenvalue weighted by atomic mass is 35.5. The molecule has 0 bridgehead atoms. The topological polar surface area (TPSA) is 57.4 Å². The molecule has 0 fully saturated rings. The fraction of sp³-hybridized carbons (Fsp3) is 0. The zero-order valence-electron chi connectivity index (χ0n) is 13.4. The maximum Gasteiger partial charge on any atom is 0.134 e. The molecule has 0 saturated carbocycles. The van der Waals surface area contributed by atoms with Gasteiger partial charge in [0.1, 0.15) is 10.8 Å². The molecule has 4 aromatic rings. The van der Waals surface area contributed by atoms with E-state index in [1.54, 1.807) is 12.7 Å². The van der Waals surface area contributed by atoms with Gasteiger partial charge >= 0.3 is 0 Å². The number of nitrogens with one attached hydrogen (secondary N) is 2. The summed E-state index contributed by atoms with van der Waals surface area (Å²) in [7, 11) is 0. The Bertz CT molecular complexity index is 1200. The summed E-state index contributed by atoms with van der Waals surface area (Å²) >= 11 is 6.13. The molecule has 25 heavy (non-hydrogen) atoms. The molecule has 0 saturated heterocycles. The van der Waals surface area contributed by atoms with Crippen molar-refractivity contribution < 1.29 is 0 Å². The van der Waals surface area contributed by atoms with Gasteiger partial charge in [0.15, 0.2) is 0 Å². The number of aromatic amines is 2. The average Bonchev–Trinajstić information content (AvgIpc) is 3.22. The molecule has 2 heterocycles. The standard InChI is InChI=1S/C20H15ClN4/c1-12(7-18-13(2)22-10-23-18)14-3-4-16-9-17(6-5-15(16)8-14)19-20(21)25-11-24-19/h3-11H,1-2H2,(H,22,23)(H,24,25)/b18-7+. The van der Waals surface area contributed by atoms with Crippen LogP contribution in [0.3, 0.4) is 0 Å². The number of rotatable bonds is 3. The number of allylic oxidation sites excluding steroid dienone is 1. The van der Waals surface area contributed by atoms with Gasteiger partial charge in [-0.3, -0.25) is 0 Å².